The third-order valence-corrected chi connectivity index (χ3v) is 5.73. The number of aromatic nitrogens is 2. The maximum absolute atomic E-state index is 6.37. The van der Waals surface area contributed by atoms with Gasteiger partial charge >= 0.3 is 0 Å². The molecule has 1 aromatic carbocycles. The Morgan fingerprint density at radius 3 is 2.47 bits per heavy atom. The van der Waals surface area contributed by atoms with Gasteiger partial charge in [0.15, 0.2) is 0 Å². The number of hydrogen-bond donors (Lipinski definition) is 0. The predicted molar refractivity (Wildman–Crippen MR) is 87.6 cm³/mol. The number of alkyl halides is 2. The van der Waals surface area contributed by atoms with Crippen molar-refractivity contribution in [1.29, 1.82) is 0 Å². The highest BCUT2D eigenvalue weighted by molar-refractivity contribution is 9.09. The first-order chi connectivity index (χ1) is 9.11. The van der Waals surface area contributed by atoms with Crippen molar-refractivity contribution in [3.63, 3.8) is 0 Å². The van der Waals surface area contributed by atoms with Gasteiger partial charge in [0.1, 0.15) is 0 Å². The molecule has 0 N–H and O–H groups in total. The Hall–Kier alpha value is -0.320. The van der Waals surface area contributed by atoms with E-state index in [-0.39, 0.29) is 5.41 Å². The van der Waals surface area contributed by atoms with E-state index in [9.17, 15) is 0 Å². The molecule has 0 aliphatic carbocycles. The minimum absolute atomic E-state index is 0.0681. The number of nitrogens with zero attached hydrogens (tertiary/aromatic N) is 2. The summed E-state index contributed by atoms with van der Waals surface area (Å²) in [6.07, 6.45) is 4.86. The standard InChI is InChI=1S/C14H15Br2ClN2/c1-19-8-11(7-18-19)6-14(9-15,10-16)12-4-2-3-5-13(12)17/h2-5,7-8H,6,9-10H2,1H3. The van der Waals surface area contributed by atoms with Gasteiger partial charge in [-0.1, -0.05) is 61.7 Å². The molecule has 0 saturated heterocycles. The molecule has 0 bridgehead atoms. The molecule has 0 spiro atoms. The van der Waals surface area contributed by atoms with Crippen molar-refractivity contribution in [2.24, 2.45) is 7.05 Å². The van der Waals surface area contributed by atoms with Crippen molar-refractivity contribution < 1.29 is 0 Å². The van der Waals surface area contributed by atoms with Crippen LogP contribution in [-0.4, -0.2) is 20.4 Å². The summed E-state index contributed by atoms with van der Waals surface area (Å²) in [4.78, 5) is 0. The Morgan fingerprint density at radius 2 is 1.95 bits per heavy atom. The van der Waals surface area contributed by atoms with E-state index in [1.165, 1.54) is 5.56 Å². The van der Waals surface area contributed by atoms with E-state index in [4.69, 9.17) is 11.6 Å². The van der Waals surface area contributed by atoms with Gasteiger partial charge in [0.2, 0.25) is 0 Å². The molecule has 0 aliphatic heterocycles. The normalized spacial score (nSPS) is 11.8. The van der Waals surface area contributed by atoms with Crippen LogP contribution in [0.5, 0.6) is 0 Å². The van der Waals surface area contributed by atoms with Crippen molar-refractivity contribution >= 4 is 43.5 Å². The Morgan fingerprint density at radius 1 is 1.26 bits per heavy atom. The van der Waals surface area contributed by atoms with Crippen LogP contribution < -0.4 is 0 Å². The molecule has 5 heteroatoms. The van der Waals surface area contributed by atoms with Crippen LogP contribution >= 0.6 is 43.5 Å². The smallest absolute Gasteiger partial charge is 0.0521 e. The molecule has 2 aromatic rings. The lowest BCUT2D eigenvalue weighted by molar-refractivity contribution is 0.551. The molecular weight excluding hydrogens is 391 g/mol. The lowest BCUT2D eigenvalue weighted by Gasteiger charge is -2.31. The molecule has 0 radical (unpaired) electrons. The highest BCUT2D eigenvalue weighted by Gasteiger charge is 2.32. The lowest BCUT2D eigenvalue weighted by atomic mass is 9.79. The number of halogens is 3. The van der Waals surface area contributed by atoms with Crippen molar-refractivity contribution in [2.75, 3.05) is 10.7 Å². The fraction of sp³-hybridized carbons (Fsp3) is 0.357. The topological polar surface area (TPSA) is 17.8 Å². The first-order valence-corrected chi connectivity index (χ1v) is 8.58. The van der Waals surface area contributed by atoms with E-state index in [1.807, 2.05) is 36.1 Å². The summed E-state index contributed by atoms with van der Waals surface area (Å²) >= 11 is 13.7. The van der Waals surface area contributed by atoms with Crippen LogP contribution in [0.1, 0.15) is 11.1 Å². The Kier molecular flexibility index (Phi) is 5.09. The summed E-state index contributed by atoms with van der Waals surface area (Å²) in [5.74, 6) is 0. The van der Waals surface area contributed by atoms with Crippen LogP contribution in [0.25, 0.3) is 0 Å². The fourth-order valence-electron chi connectivity index (χ4n) is 2.21. The molecular formula is C14H15Br2ClN2. The second kappa shape index (κ2) is 6.42. The molecule has 1 aromatic heterocycles. The van der Waals surface area contributed by atoms with Crippen LogP contribution in [0.3, 0.4) is 0 Å². The SMILES string of the molecule is Cn1cc(CC(CBr)(CBr)c2ccccc2Cl)cn1. The van der Waals surface area contributed by atoms with E-state index in [2.05, 4.69) is 49.2 Å². The quantitative estimate of drug-likeness (QED) is 0.676. The molecule has 1 heterocycles. The van der Waals surface area contributed by atoms with Crippen LogP contribution in [-0.2, 0) is 18.9 Å². The van der Waals surface area contributed by atoms with Gasteiger partial charge < -0.3 is 0 Å². The zero-order chi connectivity index (χ0) is 13.9. The van der Waals surface area contributed by atoms with Crippen LogP contribution in [0.2, 0.25) is 5.02 Å². The summed E-state index contributed by atoms with van der Waals surface area (Å²) in [6, 6.07) is 8.04. The molecule has 0 unspecified atom stereocenters. The fourth-order valence-corrected chi connectivity index (χ4v) is 4.48. The second-order valence-electron chi connectivity index (χ2n) is 4.73. The number of rotatable bonds is 5. The molecule has 0 atom stereocenters. The van der Waals surface area contributed by atoms with Crippen molar-refractivity contribution in [3.8, 4) is 0 Å². The Bertz CT molecular complexity index is 550. The molecule has 102 valence electrons. The van der Waals surface area contributed by atoms with Crippen molar-refractivity contribution in [2.45, 2.75) is 11.8 Å². The lowest BCUT2D eigenvalue weighted by Crippen LogP contribution is -2.33. The minimum atomic E-state index is -0.0681. The molecule has 2 nitrogen and oxygen atoms in total. The van der Waals surface area contributed by atoms with Crippen molar-refractivity contribution in [1.82, 2.24) is 9.78 Å². The zero-order valence-corrected chi connectivity index (χ0v) is 14.5. The summed E-state index contributed by atoms with van der Waals surface area (Å²) in [6.45, 7) is 0. The van der Waals surface area contributed by atoms with E-state index < -0.39 is 0 Å². The Balaban J connectivity index is 2.40. The van der Waals surface area contributed by atoms with Crippen LogP contribution in [0.4, 0.5) is 0 Å². The third-order valence-electron chi connectivity index (χ3n) is 3.26. The average molecular weight is 407 g/mol. The number of hydrogen-bond acceptors (Lipinski definition) is 1. The van der Waals surface area contributed by atoms with E-state index in [1.54, 1.807) is 0 Å². The van der Waals surface area contributed by atoms with Gasteiger partial charge in [-0.25, -0.2) is 0 Å². The molecule has 2 rings (SSSR count). The largest absolute Gasteiger partial charge is 0.276 e. The minimum Gasteiger partial charge on any atom is -0.276 e. The predicted octanol–water partition coefficient (Wildman–Crippen LogP) is 4.34. The number of aryl methyl sites for hydroxylation is 1. The molecule has 0 fully saturated rings. The Labute approximate surface area is 135 Å². The molecule has 0 saturated carbocycles. The van der Waals surface area contributed by atoms with E-state index in [0.29, 0.717) is 0 Å². The first-order valence-electron chi connectivity index (χ1n) is 5.96. The maximum Gasteiger partial charge on any atom is 0.0521 e. The van der Waals surface area contributed by atoms with Gasteiger partial charge in [-0.15, -0.1) is 0 Å². The van der Waals surface area contributed by atoms with Gasteiger partial charge in [-0.2, -0.15) is 5.10 Å². The monoisotopic (exact) mass is 404 g/mol. The van der Waals surface area contributed by atoms with Crippen LogP contribution in [0.15, 0.2) is 36.7 Å². The molecule has 0 amide bonds. The summed E-state index contributed by atoms with van der Waals surface area (Å²) in [5, 5.41) is 6.72. The van der Waals surface area contributed by atoms with Gasteiger partial charge in [0.25, 0.3) is 0 Å². The van der Waals surface area contributed by atoms with Crippen molar-refractivity contribution in [3.05, 3.63) is 52.8 Å². The summed E-state index contributed by atoms with van der Waals surface area (Å²) in [5.41, 5.74) is 2.30. The third kappa shape index (κ3) is 3.23. The number of benzene rings is 1. The van der Waals surface area contributed by atoms with Gasteiger partial charge in [-0.3, -0.25) is 4.68 Å². The highest BCUT2D eigenvalue weighted by Crippen LogP contribution is 2.36. The highest BCUT2D eigenvalue weighted by atomic mass is 79.9. The maximum atomic E-state index is 6.37. The van der Waals surface area contributed by atoms with E-state index in [0.717, 1.165) is 27.7 Å². The summed E-state index contributed by atoms with van der Waals surface area (Å²) < 4.78 is 1.83. The van der Waals surface area contributed by atoms with Gasteiger partial charge in [0.05, 0.1) is 6.20 Å². The zero-order valence-electron chi connectivity index (χ0n) is 10.6. The molecule has 19 heavy (non-hydrogen) atoms. The molecule has 0 aliphatic rings. The summed E-state index contributed by atoms with van der Waals surface area (Å²) in [7, 11) is 1.93. The van der Waals surface area contributed by atoms with Crippen LogP contribution in [0, 0.1) is 0 Å². The van der Waals surface area contributed by atoms with E-state index >= 15 is 0 Å². The second-order valence-corrected chi connectivity index (χ2v) is 6.26. The van der Waals surface area contributed by atoms with Gasteiger partial charge in [-0.05, 0) is 23.6 Å². The first kappa shape index (κ1) is 15.1. The van der Waals surface area contributed by atoms with Gasteiger partial charge in [0, 0.05) is 34.3 Å². The average Bonchev–Trinajstić information content (AvgIpc) is 2.82.